The SMILES string of the molecule is COc1cccc([C@H]2[C@H](C(=O)N3CCCO3)CC(=O)N2C2CC2)c1. The molecule has 24 heavy (non-hydrogen) atoms. The maximum Gasteiger partial charge on any atom is 0.252 e. The van der Waals surface area contributed by atoms with Crippen LogP contribution in [0.4, 0.5) is 0 Å². The van der Waals surface area contributed by atoms with Crippen LogP contribution < -0.4 is 4.74 Å². The topological polar surface area (TPSA) is 59.1 Å². The molecule has 2 amide bonds. The fourth-order valence-corrected chi connectivity index (χ4v) is 3.78. The van der Waals surface area contributed by atoms with Gasteiger partial charge < -0.3 is 9.64 Å². The highest BCUT2D eigenvalue weighted by Gasteiger charge is 2.51. The quantitative estimate of drug-likeness (QED) is 0.846. The van der Waals surface area contributed by atoms with Gasteiger partial charge in [-0.3, -0.25) is 14.4 Å². The van der Waals surface area contributed by atoms with E-state index in [0.717, 1.165) is 30.6 Å². The van der Waals surface area contributed by atoms with Gasteiger partial charge in [0, 0.05) is 12.5 Å². The van der Waals surface area contributed by atoms with Crippen LogP contribution in [0.1, 0.15) is 37.3 Å². The Morgan fingerprint density at radius 3 is 2.83 bits per heavy atom. The molecule has 1 saturated carbocycles. The van der Waals surface area contributed by atoms with Crippen LogP contribution in [0.25, 0.3) is 0 Å². The summed E-state index contributed by atoms with van der Waals surface area (Å²) in [5.74, 6) is 0.356. The van der Waals surface area contributed by atoms with Crippen molar-refractivity contribution in [3.05, 3.63) is 29.8 Å². The van der Waals surface area contributed by atoms with E-state index >= 15 is 0 Å². The molecular formula is C18H22N2O4. The Morgan fingerprint density at radius 2 is 2.17 bits per heavy atom. The number of amides is 2. The Bertz CT molecular complexity index is 652. The number of hydrogen-bond donors (Lipinski definition) is 0. The molecule has 2 atom stereocenters. The number of likely N-dealkylation sites (tertiary alicyclic amines) is 1. The Labute approximate surface area is 141 Å². The van der Waals surface area contributed by atoms with Crippen molar-refractivity contribution < 1.29 is 19.2 Å². The lowest BCUT2D eigenvalue weighted by Gasteiger charge is -2.30. The summed E-state index contributed by atoms with van der Waals surface area (Å²) in [5, 5.41) is 1.45. The molecule has 6 heteroatoms. The zero-order valence-electron chi connectivity index (χ0n) is 13.8. The van der Waals surface area contributed by atoms with Crippen molar-refractivity contribution in [3.8, 4) is 5.75 Å². The average Bonchev–Trinajstić information content (AvgIpc) is 3.16. The third-order valence-corrected chi connectivity index (χ3v) is 5.05. The normalized spacial score (nSPS) is 27.0. The van der Waals surface area contributed by atoms with E-state index in [2.05, 4.69) is 0 Å². The highest BCUT2D eigenvalue weighted by Crippen LogP contribution is 2.46. The molecular weight excluding hydrogens is 308 g/mol. The number of nitrogens with zero attached hydrogens (tertiary/aromatic N) is 2. The molecule has 1 aromatic rings. The van der Waals surface area contributed by atoms with Crippen molar-refractivity contribution in [2.75, 3.05) is 20.3 Å². The summed E-state index contributed by atoms with van der Waals surface area (Å²) in [7, 11) is 1.62. The maximum absolute atomic E-state index is 12.9. The number of hydroxylamine groups is 2. The zero-order valence-corrected chi connectivity index (χ0v) is 13.8. The van der Waals surface area contributed by atoms with Gasteiger partial charge in [0.1, 0.15) is 5.75 Å². The van der Waals surface area contributed by atoms with E-state index < -0.39 is 0 Å². The summed E-state index contributed by atoms with van der Waals surface area (Å²) in [5.41, 5.74) is 0.963. The van der Waals surface area contributed by atoms with E-state index in [-0.39, 0.29) is 36.2 Å². The molecule has 0 bridgehead atoms. The molecule has 2 saturated heterocycles. The number of ether oxygens (including phenoxy) is 1. The second-order valence-corrected chi connectivity index (χ2v) is 6.69. The first-order valence-corrected chi connectivity index (χ1v) is 8.58. The number of methoxy groups -OCH3 is 1. The van der Waals surface area contributed by atoms with Gasteiger partial charge in [-0.15, -0.1) is 0 Å². The van der Waals surface area contributed by atoms with Crippen LogP contribution in [0.5, 0.6) is 5.75 Å². The molecule has 1 aliphatic carbocycles. The molecule has 0 unspecified atom stereocenters. The minimum Gasteiger partial charge on any atom is -0.497 e. The minimum atomic E-state index is -0.386. The van der Waals surface area contributed by atoms with Gasteiger partial charge in [-0.1, -0.05) is 12.1 Å². The van der Waals surface area contributed by atoms with Crippen molar-refractivity contribution in [2.45, 2.75) is 37.8 Å². The van der Waals surface area contributed by atoms with Gasteiger partial charge in [0.2, 0.25) is 5.91 Å². The van der Waals surface area contributed by atoms with Crippen LogP contribution in [-0.4, -0.2) is 48.1 Å². The molecule has 0 spiro atoms. The number of carbonyl (C=O) groups is 2. The highest BCUT2D eigenvalue weighted by atomic mass is 16.7. The predicted octanol–water partition coefficient (Wildman–Crippen LogP) is 1.91. The van der Waals surface area contributed by atoms with E-state index in [1.165, 1.54) is 5.06 Å². The Hall–Kier alpha value is -2.08. The summed E-state index contributed by atoms with van der Waals surface area (Å²) < 4.78 is 5.32. The molecule has 6 nitrogen and oxygen atoms in total. The molecule has 128 valence electrons. The zero-order chi connectivity index (χ0) is 16.7. The molecule has 3 aliphatic rings. The van der Waals surface area contributed by atoms with E-state index in [9.17, 15) is 9.59 Å². The van der Waals surface area contributed by atoms with Crippen LogP contribution in [0.15, 0.2) is 24.3 Å². The second-order valence-electron chi connectivity index (χ2n) is 6.69. The van der Waals surface area contributed by atoms with E-state index in [1.54, 1.807) is 7.11 Å². The maximum atomic E-state index is 12.9. The third-order valence-electron chi connectivity index (χ3n) is 5.05. The van der Waals surface area contributed by atoms with Gasteiger partial charge in [-0.05, 0) is 37.0 Å². The van der Waals surface area contributed by atoms with Gasteiger partial charge in [0.15, 0.2) is 0 Å². The highest BCUT2D eigenvalue weighted by molar-refractivity contribution is 5.90. The molecule has 2 aliphatic heterocycles. The number of hydrogen-bond acceptors (Lipinski definition) is 4. The van der Waals surface area contributed by atoms with Crippen LogP contribution in [0.3, 0.4) is 0 Å². The summed E-state index contributed by atoms with van der Waals surface area (Å²) in [6.45, 7) is 1.18. The van der Waals surface area contributed by atoms with Crippen molar-refractivity contribution in [1.29, 1.82) is 0 Å². The van der Waals surface area contributed by atoms with E-state index in [0.29, 0.717) is 13.2 Å². The first kappa shape index (κ1) is 15.4. The van der Waals surface area contributed by atoms with Gasteiger partial charge in [-0.25, -0.2) is 5.06 Å². The average molecular weight is 330 g/mol. The molecule has 0 radical (unpaired) electrons. The molecule has 0 N–H and O–H groups in total. The largest absolute Gasteiger partial charge is 0.497 e. The Kier molecular flexibility index (Phi) is 3.92. The van der Waals surface area contributed by atoms with Crippen molar-refractivity contribution in [1.82, 2.24) is 9.96 Å². The summed E-state index contributed by atoms with van der Waals surface area (Å²) in [4.78, 5) is 32.9. The molecule has 2 heterocycles. The summed E-state index contributed by atoms with van der Waals surface area (Å²) in [6.07, 6.45) is 3.15. The van der Waals surface area contributed by atoms with Crippen LogP contribution in [0.2, 0.25) is 0 Å². The van der Waals surface area contributed by atoms with Crippen LogP contribution in [-0.2, 0) is 14.4 Å². The minimum absolute atomic E-state index is 0.0721. The predicted molar refractivity (Wildman–Crippen MR) is 86.0 cm³/mol. The van der Waals surface area contributed by atoms with Crippen molar-refractivity contribution in [3.63, 3.8) is 0 Å². The number of rotatable bonds is 4. The van der Waals surface area contributed by atoms with Crippen molar-refractivity contribution in [2.24, 2.45) is 5.92 Å². The van der Waals surface area contributed by atoms with Gasteiger partial charge in [0.25, 0.3) is 5.91 Å². The third kappa shape index (κ3) is 2.65. The number of benzene rings is 1. The van der Waals surface area contributed by atoms with Crippen LogP contribution in [0, 0.1) is 5.92 Å². The van der Waals surface area contributed by atoms with Crippen molar-refractivity contribution >= 4 is 11.8 Å². The second kappa shape index (κ2) is 6.09. The summed E-state index contributed by atoms with van der Waals surface area (Å²) >= 11 is 0. The molecule has 3 fully saturated rings. The Balaban J connectivity index is 1.68. The standard InChI is InChI=1S/C18H22N2O4/c1-23-14-5-2-4-12(10-14)17-15(18(22)19-8-3-9-24-19)11-16(21)20(17)13-6-7-13/h2,4-5,10,13,15,17H,3,6-9,11H2,1H3/t15-,17+/m1/s1. The fraction of sp³-hybridized carbons (Fsp3) is 0.556. The van der Waals surface area contributed by atoms with E-state index in [4.69, 9.17) is 9.57 Å². The molecule has 4 rings (SSSR count). The van der Waals surface area contributed by atoms with Gasteiger partial charge >= 0.3 is 0 Å². The molecule has 0 aromatic heterocycles. The smallest absolute Gasteiger partial charge is 0.252 e. The lowest BCUT2D eigenvalue weighted by atomic mass is 9.92. The van der Waals surface area contributed by atoms with E-state index in [1.807, 2.05) is 29.2 Å². The summed E-state index contributed by atoms with van der Waals surface area (Å²) in [6, 6.07) is 7.75. The van der Waals surface area contributed by atoms with Crippen LogP contribution >= 0.6 is 0 Å². The first-order chi connectivity index (χ1) is 11.7. The first-order valence-electron chi connectivity index (χ1n) is 8.58. The van der Waals surface area contributed by atoms with Gasteiger partial charge in [-0.2, -0.15) is 0 Å². The molecule has 1 aromatic carbocycles. The Morgan fingerprint density at radius 1 is 1.33 bits per heavy atom. The fourth-order valence-electron chi connectivity index (χ4n) is 3.78. The number of carbonyl (C=O) groups excluding carboxylic acids is 2. The van der Waals surface area contributed by atoms with Gasteiger partial charge in [0.05, 0.1) is 32.2 Å². The lowest BCUT2D eigenvalue weighted by Crippen LogP contribution is -2.37. The lowest BCUT2D eigenvalue weighted by molar-refractivity contribution is -0.174. The monoisotopic (exact) mass is 330 g/mol.